The van der Waals surface area contributed by atoms with Gasteiger partial charge >= 0.3 is 0 Å². The number of hydrogen-bond acceptors (Lipinski definition) is 2. The Kier molecular flexibility index (Phi) is 7.33. The number of alkyl halides is 1. The van der Waals surface area contributed by atoms with Crippen molar-refractivity contribution in [3.8, 4) is 0 Å². The number of nitrogens with zero attached hydrogens (tertiary/aromatic N) is 3. The number of unbranched alkanes of at least 4 members (excludes halogenated alkanes) is 4. The van der Waals surface area contributed by atoms with E-state index in [0.717, 1.165) is 24.6 Å². The number of aromatic nitrogens is 3. The van der Waals surface area contributed by atoms with Crippen LogP contribution in [-0.2, 0) is 18.8 Å². The average molecular weight is 272 g/mol. The molecule has 1 heterocycles. The van der Waals surface area contributed by atoms with Crippen LogP contribution in [0.25, 0.3) is 0 Å². The van der Waals surface area contributed by atoms with E-state index in [1.54, 1.807) is 0 Å². The first-order valence-corrected chi connectivity index (χ1v) is 7.69. The summed E-state index contributed by atoms with van der Waals surface area (Å²) in [5, 5.41) is 8.47. The van der Waals surface area contributed by atoms with Crippen molar-refractivity contribution in [1.82, 2.24) is 14.8 Å². The Morgan fingerprint density at radius 3 is 2.33 bits per heavy atom. The molecule has 104 valence electrons. The van der Waals surface area contributed by atoms with Crippen LogP contribution in [0, 0.1) is 5.92 Å². The summed E-state index contributed by atoms with van der Waals surface area (Å²) >= 11 is 5.91. The van der Waals surface area contributed by atoms with E-state index < -0.39 is 0 Å². The van der Waals surface area contributed by atoms with Gasteiger partial charge in [0.1, 0.15) is 11.6 Å². The molecule has 1 aromatic rings. The molecule has 1 aromatic heterocycles. The zero-order valence-corrected chi connectivity index (χ0v) is 12.7. The first kappa shape index (κ1) is 15.5. The maximum absolute atomic E-state index is 5.91. The second-order valence-corrected chi connectivity index (χ2v) is 5.60. The predicted molar refractivity (Wildman–Crippen MR) is 76.9 cm³/mol. The van der Waals surface area contributed by atoms with Crippen LogP contribution in [0.3, 0.4) is 0 Å². The lowest BCUT2D eigenvalue weighted by molar-refractivity contribution is 0.491. The van der Waals surface area contributed by atoms with E-state index in [1.807, 2.05) is 0 Å². The van der Waals surface area contributed by atoms with Crippen LogP contribution in [0.5, 0.6) is 0 Å². The topological polar surface area (TPSA) is 30.7 Å². The minimum absolute atomic E-state index is 0.454. The van der Waals surface area contributed by atoms with Gasteiger partial charge in [-0.1, -0.05) is 46.5 Å². The Balaban J connectivity index is 2.50. The molecular weight excluding hydrogens is 246 g/mol. The molecule has 0 aliphatic rings. The smallest absolute Gasteiger partial charge is 0.147 e. The fourth-order valence-corrected chi connectivity index (χ4v) is 2.32. The molecule has 0 spiro atoms. The Hall–Kier alpha value is -0.570. The van der Waals surface area contributed by atoms with Gasteiger partial charge in [-0.2, -0.15) is 0 Å². The van der Waals surface area contributed by atoms with Gasteiger partial charge in [-0.15, -0.1) is 21.8 Å². The van der Waals surface area contributed by atoms with Crippen molar-refractivity contribution >= 4 is 11.6 Å². The number of halogens is 1. The summed E-state index contributed by atoms with van der Waals surface area (Å²) in [4.78, 5) is 0. The molecule has 18 heavy (non-hydrogen) atoms. The maximum atomic E-state index is 5.91. The van der Waals surface area contributed by atoms with Gasteiger partial charge in [0.05, 0.1) is 5.88 Å². The van der Waals surface area contributed by atoms with Crippen LogP contribution < -0.4 is 0 Å². The standard InChI is InChI=1S/C14H26ClN3/c1-4-5-6-7-8-9-13-16-17-14(10-15)18(13)11-12(2)3/h12H,4-11H2,1-3H3. The van der Waals surface area contributed by atoms with Crippen molar-refractivity contribution in [2.75, 3.05) is 0 Å². The quantitative estimate of drug-likeness (QED) is 0.498. The Labute approximate surface area is 116 Å². The third-order valence-corrected chi connectivity index (χ3v) is 3.31. The van der Waals surface area contributed by atoms with Gasteiger partial charge in [0.25, 0.3) is 0 Å². The lowest BCUT2D eigenvalue weighted by atomic mass is 10.1. The highest BCUT2D eigenvalue weighted by Gasteiger charge is 2.11. The van der Waals surface area contributed by atoms with Crippen LogP contribution in [-0.4, -0.2) is 14.8 Å². The molecule has 0 amide bonds. The van der Waals surface area contributed by atoms with Crippen LogP contribution >= 0.6 is 11.6 Å². The van der Waals surface area contributed by atoms with E-state index in [2.05, 4.69) is 35.5 Å². The van der Waals surface area contributed by atoms with Crippen LogP contribution in [0.1, 0.15) is 64.5 Å². The van der Waals surface area contributed by atoms with E-state index in [-0.39, 0.29) is 0 Å². The molecule has 0 N–H and O–H groups in total. The first-order chi connectivity index (χ1) is 8.69. The molecule has 0 saturated carbocycles. The minimum atomic E-state index is 0.454. The fourth-order valence-electron chi connectivity index (χ4n) is 2.12. The zero-order chi connectivity index (χ0) is 13.4. The van der Waals surface area contributed by atoms with Gasteiger partial charge in [-0.25, -0.2) is 0 Å². The molecule has 1 rings (SSSR count). The molecule has 0 unspecified atom stereocenters. The Bertz CT molecular complexity index is 334. The van der Waals surface area contributed by atoms with Crippen LogP contribution in [0.2, 0.25) is 0 Å². The van der Waals surface area contributed by atoms with Crippen molar-refractivity contribution < 1.29 is 0 Å². The molecule has 3 nitrogen and oxygen atoms in total. The van der Waals surface area contributed by atoms with Crippen molar-refractivity contribution in [2.45, 2.75) is 71.7 Å². The molecule has 0 saturated heterocycles. The third kappa shape index (κ3) is 4.97. The highest BCUT2D eigenvalue weighted by molar-refractivity contribution is 6.16. The molecule has 0 fully saturated rings. The highest BCUT2D eigenvalue weighted by atomic mass is 35.5. The van der Waals surface area contributed by atoms with E-state index in [1.165, 1.54) is 32.1 Å². The van der Waals surface area contributed by atoms with Gasteiger partial charge < -0.3 is 4.57 Å². The van der Waals surface area contributed by atoms with E-state index >= 15 is 0 Å². The average Bonchev–Trinajstić information content (AvgIpc) is 2.71. The minimum Gasteiger partial charge on any atom is -0.314 e. The highest BCUT2D eigenvalue weighted by Crippen LogP contribution is 2.12. The molecule has 0 aromatic carbocycles. The molecule has 4 heteroatoms. The number of rotatable bonds is 9. The van der Waals surface area contributed by atoms with Crippen molar-refractivity contribution in [3.05, 3.63) is 11.6 Å². The lowest BCUT2D eigenvalue weighted by Crippen LogP contribution is -2.11. The normalized spacial score (nSPS) is 11.4. The van der Waals surface area contributed by atoms with E-state index in [4.69, 9.17) is 11.6 Å². The largest absolute Gasteiger partial charge is 0.314 e. The van der Waals surface area contributed by atoms with E-state index in [0.29, 0.717) is 11.8 Å². The Morgan fingerprint density at radius 2 is 1.72 bits per heavy atom. The molecule has 0 atom stereocenters. The lowest BCUT2D eigenvalue weighted by Gasteiger charge is -2.11. The summed E-state index contributed by atoms with van der Waals surface area (Å²) in [5.41, 5.74) is 0. The second kappa shape index (κ2) is 8.52. The van der Waals surface area contributed by atoms with Crippen molar-refractivity contribution in [1.29, 1.82) is 0 Å². The maximum Gasteiger partial charge on any atom is 0.147 e. The van der Waals surface area contributed by atoms with Gasteiger partial charge in [-0.3, -0.25) is 0 Å². The van der Waals surface area contributed by atoms with Crippen LogP contribution in [0.4, 0.5) is 0 Å². The second-order valence-electron chi connectivity index (χ2n) is 5.33. The molecule has 0 bridgehead atoms. The Morgan fingerprint density at radius 1 is 1.06 bits per heavy atom. The SMILES string of the molecule is CCCCCCCc1nnc(CCl)n1CC(C)C. The fraction of sp³-hybridized carbons (Fsp3) is 0.857. The molecular formula is C14H26ClN3. The predicted octanol–water partition coefficient (Wildman–Crippen LogP) is 4.19. The van der Waals surface area contributed by atoms with E-state index in [9.17, 15) is 0 Å². The summed E-state index contributed by atoms with van der Waals surface area (Å²) in [7, 11) is 0. The summed E-state index contributed by atoms with van der Waals surface area (Å²) in [6, 6.07) is 0. The third-order valence-electron chi connectivity index (χ3n) is 3.08. The van der Waals surface area contributed by atoms with Crippen molar-refractivity contribution in [3.63, 3.8) is 0 Å². The van der Waals surface area contributed by atoms with Crippen molar-refractivity contribution in [2.24, 2.45) is 5.92 Å². The zero-order valence-electron chi connectivity index (χ0n) is 12.0. The summed E-state index contributed by atoms with van der Waals surface area (Å²) < 4.78 is 2.21. The van der Waals surface area contributed by atoms with Crippen LogP contribution in [0.15, 0.2) is 0 Å². The first-order valence-electron chi connectivity index (χ1n) is 7.16. The molecule has 0 aliphatic heterocycles. The molecule has 0 radical (unpaired) electrons. The molecule has 0 aliphatic carbocycles. The number of aryl methyl sites for hydroxylation is 1. The van der Waals surface area contributed by atoms with Gasteiger partial charge in [0.15, 0.2) is 0 Å². The summed E-state index contributed by atoms with van der Waals surface area (Å²) in [5.74, 6) is 3.07. The van der Waals surface area contributed by atoms with Gasteiger partial charge in [0, 0.05) is 13.0 Å². The summed E-state index contributed by atoms with van der Waals surface area (Å²) in [6.07, 6.45) is 7.49. The van der Waals surface area contributed by atoms with Gasteiger partial charge in [-0.05, 0) is 12.3 Å². The number of hydrogen-bond donors (Lipinski definition) is 0. The van der Waals surface area contributed by atoms with Gasteiger partial charge in [0.2, 0.25) is 0 Å². The monoisotopic (exact) mass is 271 g/mol. The summed E-state index contributed by atoms with van der Waals surface area (Å²) in [6.45, 7) is 7.64.